The van der Waals surface area contributed by atoms with Crippen molar-refractivity contribution in [1.29, 1.82) is 0 Å². The number of carbonyl (C=O) groups is 2. The Bertz CT molecular complexity index is 325. The first-order chi connectivity index (χ1) is 9.16. The lowest BCUT2D eigenvalue weighted by Gasteiger charge is -2.32. The van der Waals surface area contributed by atoms with Crippen LogP contribution in [0.25, 0.3) is 0 Å². The number of unbranched alkanes of at least 4 members (excludes halogenated alkanes) is 1. The van der Waals surface area contributed by atoms with Crippen LogP contribution < -0.4 is 5.73 Å². The molecule has 0 spiro atoms. The summed E-state index contributed by atoms with van der Waals surface area (Å²) in [7, 11) is 0. The maximum Gasteiger partial charge on any atom is 0.240 e. The van der Waals surface area contributed by atoms with Crippen molar-refractivity contribution in [3.05, 3.63) is 0 Å². The summed E-state index contributed by atoms with van der Waals surface area (Å²) in [6.07, 6.45) is 4.22. The zero-order valence-electron chi connectivity index (χ0n) is 14.0. The molecular weight excluding hydrogens is 252 g/mol. The van der Waals surface area contributed by atoms with Gasteiger partial charge in [-0.1, -0.05) is 54.4 Å². The van der Waals surface area contributed by atoms with Gasteiger partial charge in [0.05, 0.1) is 0 Å². The highest BCUT2D eigenvalue weighted by Gasteiger charge is 2.37. The van der Waals surface area contributed by atoms with E-state index >= 15 is 0 Å². The average molecular weight is 286 g/mol. The van der Waals surface area contributed by atoms with Crippen molar-refractivity contribution >= 4 is 11.8 Å². The minimum Gasteiger partial charge on any atom is -0.368 e. The highest BCUT2D eigenvalue weighted by molar-refractivity contribution is 5.88. The molecule has 0 aromatic heterocycles. The number of nitrogens with zero attached hydrogens (tertiary/aromatic N) is 1. The summed E-state index contributed by atoms with van der Waals surface area (Å²) >= 11 is 0. The smallest absolute Gasteiger partial charge is 0.240 e. The van der Waals surface area contributed by atoms with Crippen LogP contribution in [0.2, 0.25) is 0 Å². The molecule has 0 aromatic rings. The molecule has 1 heterocycles. The van der Waals surface area contributed by atoms with E-state index in [1.165, 1.54) is 12.8 Å². The van der Waals surface area contributed by atoms with E-state index in [0.717, 1.165) is 6.42 Å². The summed E-state index contributed by atoms with van der Waals surface area (Å²) in [4.78, 5) is 25.1. The maximum absolute atomic E-state index is 12.2. The molecule has 2 N–H and O–H groups in total. The van der Waals surface area contributed by atoms with Crippen molar-refractivity contribution < 1.29 is 11.0 Å². The number of primary amides is 1. The Labute approximate surface area is 125 Å². The van der Waals surface area contributed by atoms with Crippen LogP contribution in [0.1, 0.15) is 68.7 Å². The second-order valence-electron chi connectivity index (χ2n) is 6.68. The number of carbonyl (C=O) groups excluding carboxylic acids is 2. The summed E-state index contributed by atoms with van der Waals surface area (Å²) < 4.78 is 0. The molecule has 1 saturated heterocycles. The lowest BCUT2D eigenvalue weighted by Crippen LogP contribution is -2.47. The molecular formula is C16H34N2O2. The van der Waals surface area contributed by atoms with E-state index in [1.54, 1.807) is 4.90 Å². The molecule has 4 nitrogen and oxygen atoms in total. The van der Waals surface area contributed by atoms with Gasteiger partial charge in [-0.15, -0.1) is 0 Å². The molecule has 0 saturated carbocycles. The lowest BCUT2D eigenvalue weighted by atomic mass is 9.81. The predicted molar refractivity (Wildman–Crippen MR) is 85.2 cm³/mol. The number of rotatable bonds is 3. The second-order valence-corrected chi connectivity index (χ2v) is 6.68. The van der Waals surface area contributed by atoms with Gasteiger partial charge in [-0.25, -0.2) is 0 Å². The normalized spacial score (nSPS) is 20.1. The van der Waals surface area contributed by atoms with Crippen LogP contribution in [-0.2, 0) is 9.59 Å². The summed E-state index contributed by atoms with van der Waals surface area (Å²) in [5, 5.41) is 0. The standard InChI is InChI=1S/C12H22N2O2.C4H10.H2/c1-8(12(2,3)4)11(16)14-7-5-6-9(14)10(13)15;1-3-4-2;/h8-9H,5-7H2,1-4H3,(H2,13,15);3-4H2,1-2H3;1H/t8-,9+;;/m1../s1. The zero-order valence-corrected chi connectivity index (χ0v) is 14.0. The first-order valence-electron chi connectivity index (χ1n) is 7.76. The van der Waals surface area contributed by atoms with Crippen LogP contribution in [0.5, 0.6) is 0 Å². The van der Waals surface area contributed by atoms with Crippen molar-refractivity contribution in [3.8, 4) is 0 Å². The van der Waals surface area contributed by atoms with Gasteiger partial charge in [0.2, 0.25) is 11.8 Å². The van der Waals surface area contributed by atoms with Crippen LogP contribution in [0, 0.1) is 11.3 Å². The molecule has 4 heteroatoms. The molecule has 1 rings (SSSR count). The Morgan fingerprint density at radius 3 is 2.15 bits per heavy atom. The Balaban J connectivity index is 0. The van der Waals surface area contributed by atoms with Gasteiger partial charge in [-0.2, -0.15) is 0 Å². The minimum absolute atomic E-state index is 0. The molecule has 20 heavy (non-hydrogen) atoms. The van der Waals surface area contributed by atoms with Gasteiger partial charge in [0.1, 0.15) is 6.04 Å². The number of likely N-dealkylation sites (tertiary alicyclic amines) is 1. The van der Waals surface area contributed by atoms with E-state index in [-0.39, 0.29) is 24.6 Å². The monoisotopic (exact) mass is 286 g/mol. The molecule has 0 unspecified atom stereocenters. The predicted octanol–water partition coefficient (Wildman–Crippen LogP) is 3.20. The summed E-state index contributed by atoms with van der Waals surface area (Å²) in [6, 6.07) is -0.391. The Hall–Kier alpha value is -1.06. The maximum atomic E-state index is 12.2. The van der Waals surface area contributed by atoms with Crippen molar-refractivity contribution in [2.75, 3.05) is 6.54 Å². The van der Waals surface area contributed by atoms with Gasteiger partial charge >= 0.3 is 0 Å². The summed E-state index contributed by atoms with van der Waals surface area (Å²) in [6.45, 7) is 13.0. The highest BCUT2D eigenvalue weighted by Crippen LogP contribution is 2.29. The Morgan fingerprint density at radius 2 is 1.80 bits per heavy atom. The van der Waals surface area contributed by atoms with Gasteiger partial charge < -0.3 is 10.6 Å². The fraction of sp³-hybridized carbons (Fsp3) is 0.875. The van der Waals surface area contributed by atoms with Crippen LogP contribution in [0.3, 0.4) is 0 Å². The third-order valence-electron chi connectivity index (χ3n) is 4.03. The lowest BCUT2D eigenvalue weighted by molar-refractivity contribution is -0.142. The van der Waals surface area contributed by atoms with Crippen LogP contribution >= 0.6 is 0 Å². The van der Waals surface area contributed by atoms with E-state index in [2.05, 4.69) is 13.8 Å². The fourth-order valence-electron chi connectivity index (χ4n) is 1.95. The van der Waals surface area contributed by atoms with Crippen molar-refractivity contribution in [1.82, 2.24) is 4.90 Å². The van der Waals surface area contributed by atoms with E-state index in [9.17, 15) is 9.59 Å². The van der Waals surface area contributed by atoms with Gasteiger partial charge in [0, 0.05) is 13.9 Å². The van der Waals surface area contributed by atoms with Gasteiger partial charge in [-0.05, 0) is 18.3 Å². The summed E-state index contributed by atoms with van der Waals surface area (Å²) in [5.41, 5.74) is 5.22. The summed E-state index contributed by atoms with van der Waals surface area (Å²) in [5.74, 6) is -0.423. The molecule has 1 aliphatic heterocycles. The number of hydrogen-bond acceptors (Lipinski definition) is 2. The van der Waals surface area contributed by atoms with Crippen molar-refractivity contribution in [3.63, 3.8) is 0 Å². The molecule has 0 bridgehead atoms. The zero-order chi connectivity index (χ0) is 15.9. The molecule has 2 atom stereocenters. The Morgan fingerprint density at radius 1 is 1.30 bits per heavy atom. The van der Waals surface area contributed by atoms with Crippen LogP contribution in [-0.4, -0.2) is 29.3 Å². The fourth-order valence-corrected chi connectivity index (χ4v) is 1.95. The topological polar surface area (TPSA) is 63.4 Å². The molecule has 0 aliphatic carbocycles. The van der Waals surface area contributed by atoms with Gasteiger partial charge in [-0.3, -0.25) is 9.59 Å². The second kappa shape index (κ2) is 8.28. The quantitative estimate of drug-likeness (QED) is 0.866. The molecule has 120 valence electrons. The van der Waals surface area contributed by atoms with E-state index in [0.29, 0.717) is 13.0 Å². The van der Waals surface area contributed by atoms with E-state index in [1.807, 2.05) is 27.7 Å². The van der Waals surface area contributed by atoms with E-state index < -0.39 is 6.04 Å². The molecule has 1 aliphatic rings. The number of hydrogen-bond donors (Lipinski definition) is 1. The van der Waals surface area contributed by atoms with Gasteiger partial charge in [0.25, 0.3) is 0 Å². The number of nitrogens with two attached hydrogens (primary N) is 1. The van der Waals surface area contributed by atoms with Crippen molar-refractivity contribution in [2.45, 2.75) is 73.3 Å². The average Bonchev–Trinajstić information content (AvgIpc) is 2.85. The SMILES string of the molecule is CCCC.C[C@H](C(=O)N1CCC[C@H]1C(N)=O)C(C)(C)C.[HH]. The third kappa shape index (κ3) is 5.51. The minimum atomic E-state index is -0.391. The van der Waals surface area contributed by atoms with Crippen LogP contribution in [0.15, 0.2) is 0 Å². The first kappa shape index (κ1) is 18.9. The number of amides is 2. The molecule has 0 aromatic carbocycles. The van der Waals surface area contributed by atoms with Gasteiger partial charge in [0.15, 0.2) is 0 Å². The molecule has 1 fully saturated rings. The third-order valence-corrected chi connectivity index (χ3v) is 4.03. The van der Waals surface area contributed by atoms with Crippen LogP contribution in [0.4, 0.5) is 0 Å². The first-order valence-corrected chi connectivity index (χ1v) is 7.76. The Kier molecular flexibility index (Phi) is 7.84. The molecule has 0 radical (unpaired) electrons. The molecule has 2 amide bonds. The van der Waals surface area contributed by atoms with Crippen molar-refractivity contribution in [2.24, 2.45) is 17.1 Å². The highest BCUT2D eigenvalue weighted by atomic mass is 16.2. The van der Waals surface area contributed by atoms with E-state index in [4.69, 9.17) is 5.73 Å². The largest absolute Gasteiger partial charge is 0.368 e.